The van der Waals surface area contributed by atoms with Crippen LogP contribution < -0.4 is 11.1 Å². The molecule has 3 unspecified atom stereocenters. The molecular weight excluding hydrogens is 268 g/mol. The van der Waals surface area contributed by atoms with Crippen LogP contribution in [0.4, 0.5) is 0 Å². The lowest BCUT2D eigenvalue weighted by molar-refractivity contribution is -0.122. The van der Waals surface area contributed by atoms with Crippen molar-refractivity contribution in [3.63, 3.8) is 0 Å². The minimum absolute atomic E-state index is 0.0347. The second-order valence-corrected chi connectivity index (χ2v) is 6.61. The normalized spacial score (nSPS) is 15.5. The van der Waals surface area contributed by atoms with E-state index in [0.29, 0.717) is 25.8 Å². The van der Waals surface area contributed by atoms with Gasteiger partial charge in [0, 0.05) is 19.4 Å². The average Bonchev–Trinajstić information content (AvgIpc) is 2.39. The highest BCUT2D eigenvalue weighted by molar-refractivity contribution is 5.76. The molecule has 0 aromatic carbocycles. The SMILES string of the molecule is CC(CCC(N)=O)CNC(=O)CC(C)CCC(O)C(C)C. The molecule has 5 nitrogen and oxygen atoms in total. The summed E-state index contributed by atoms with van der Waals surface area (Å²) >= 11 is 0. The topological polar surface area (TPSA) is 92.4 Å². The van der Waals surface area contributed by atoms with E-state index in [-0.39, 0.29) is 35.7 Å². The number of primary amides is 1. The summed E-state index contributed by atoms with van der Waals surface area (Å²) in [5, 5.41) is 12.6. The Labute approximate surface area is 128 Å². The van der Waals surface area contributed by atoms with Crippen LogP contribution in [0.1, 0.15) is 59.8 Å². The quantitative estimate of drug-likeness (QED) is 0.543. The van der Waals surface area contributed by atoms with E-state index in [1.165, 1.54) is 0 Å². The number of aliphatic hydroxyl groups excluding tert-OH is 1. The molecule has 0 aromatic rings. The number of amides is 2. The third-order valence-corrected chi connectivity index (χ3v) is 3.79. The van der Waals surface area contributed by atoms with E-state index >= 15 is 0 Å². The van der Waals surface area contributed by atoms with Crippen molar-refractivity contribution in [3.8, 4) is 0 Å². The second kappa shape index (κ2) is 10.6. The van der Waals surface area contributed by atoms with Gasteiger partial charge in [-0.1, -0.05) is 27.7 Å². The zero-order chi connectivity index (χ0) is 16.4. The smallest absolute Gasteiger partial charge is 0.220 e. The molecule has 0 saturated heterocycles. The Hall–Kier alpha value is -1.10. The predicted molar refractivity (Wildman–Crippen MR) is 84.5 cm³/mol. The van der Waals surface area contributed by atoms with E-state index in [1.54, 1.807) is 0 Å². The monoisotopic (exact) mass is 300 g/mol. The van der Waals surface area contributed by atoms with E-state index in [4.69, 9.17) is 5.73 Å². The molecule has 3 atom stereocenters. The molecule has 4 N–H and O–H groups in total. The Balaban J connectivity index is 3.80. The molecule has 0 aromatic heterocycles. The van der Waals surface area contributed by atoms with Gasteiger partial charge in [0.2, 0.25) is 11.8 Å². The van der Waals surface area contributed by atoms with Crippen molar-refractivity contribution in [2.75, 3.05) is 6.54 Å². The fourth-order valence-electron chi connectivity index (χ4n) is 2.06. The Kier molecular flexibility index (Phi) is 10.0. The zero-order valence-corrected chi connectivity index (χ0v) is 13.9. The summed E-state index contributed by atoms with van der Waals surface area (Å²) in [6.07, 6.45) is 2.84. The Bertz CT molecular complexity index is 319. The van der Waals surface area contributed by atoms with Crippen molar-refractivity contribution in [1.82, 2.24) is 5.32 Å². The third kappa shape index (κ3) is 11.3. The van der Waals surface area contributed by atoms with E-state index in [0.717, 1.165) is 12.8 Å². The van der Waals surface area contributed by atoms with Gasteiger partial charge in [-0.3, -0.25) is 9.59 Å². The highest BCUT2D eigenvalue weighted by Gasteiger charge is 2.14. The molecule has 2 amide bonds. The van der Waals surface area contributed by atoms with E-state index < -0.39 is 0 Å². The summed E-state index contributed by atoms with van der Waals surface area (Å²) in [6, 6.07) is 0. The largest absolute Gasteiger partial charge is 0.393 e. The van der Waals surface area contributed by atoms with E-state index in [9.17, 15) is 14.7 Å². The van der Waals surface area contributed by atoms with Crippen LogP contribution in [0.15, 0.2) is 0 Å². The first-order valence-corrected chi connectivity index (χ1v) is 7.95. The van der Waals surface area contributed by atoms with Gasteiger partial charge in [0.1, 0.15) is 0 Å². The van der Waals surface area contributed by atoms with Crippen LogP contribution in [0.2, 0.25) is 0 Å². The van der Waals surface area contributed by atoms with Crippen LogP contribution >= 0.6 is 0 Å². The van der Waals surface area contributed by atoms with Crippen LogP contribution in [0, 0.1) is 17.8 Å². The van der Waals surface area contributed by atoms with Crippen LogP contribution in [0.25, 0.3) is 0 Å². The third-order valence-electron chi connectivity index (χ3n) is 3.79. The first-order chi connectivity index (χ1) is 9.72. The number of hydrogen-bond donors (Lipinski definition) is 3. The summed E-state index contributed by atoms with van der Waals surface area (Å²) in [5.41, 5.74) is 5.09. The van der Waals surface area contributed by atoms with Gasteiger partial charge >= 0.3 is 0 Å². The van der Waals surface area contributed by atoms with Gasteiger partial charge in [-0.25, -0.2) is 0 Å². The van der Waals surface area contributed by atoms with Crippen molar-refractivity contribution < 1.29 is 14.7 Å². The van der Waals surface area contributed by atoms with E-state index in [1.807, 2.05) is 27.7 Å². The summed E-state index contributed by atoms with van der Waals surface area (Å²) in [4.78, 5) is 22.5. The molecule has 0 heterocycles. The van der Waals surface area contributed by atoms with Crippen LogP contribution in [0.5, 0.6) is 0 Å². The van der Waals surface area contributed by atoms with Gasteiger partial charge in [-0.05, 0) is 37.0 Å². The molecule has 0 radical (unpaired) electrons. The molecule has 0 aliphatic rings. The van der Waals surface area contributed by atoms with Crippen LogP contribution in [-0.4, -0.2) is 29.6 Å². The molecule has 0 fully saturated rings. The van der Waals surface area contributed by atoms with Gasteiger partial charge in [0.15, 0.2) is 0 Å². The summed E-state index contributed by atoms with van der Waals surface area (Å²) in [6.45, 7) is 8.59. The Morgan fingerprint density at radius 3 is 2.19 bits per heavy atom. The number of hydrogen-bond acceptors (Lipinski definition) is 3. The molecule has 5 heteroatoms. The van der Waals surface area contributed by atoms with Crippen molar-refractivity contribution in [1.29, 1.82) is 0 Å². The standard InChI is InChI=1S/C16H32N2O3/c1-11(2)14(19)7-5-12(3)9-16(21)18-10-13(4)6-8-15(17)20/h11-14,19H,5-10H2,1-4H3,(H2,17,20)(H,18,21). The molecule has 0 rings (SSSR count). The van der Waals surface area contributed by atoms with Crippen molar-refractivity contribution in [3.05, 3.63) is 0 Å². The lowest BCUT2D eigenvalue weighted by Gasteiger charge is -2.18. The number of carbonyl (C=O) groups is 2. The highest BCUT2D eigenvalue weighted by Crippen LogP contribution is 2.16. The summed E-state index contributed by atoms with van der Waals surface area (Å²) in [7, 11) is 0. The average molecular weight is 300 g/mol. The van der Waals surface area contributed by atoms with Crippen LogP contribution in [0.3, 0.4) is 0 Å². The zero-order valence-electron chi connectivity index (χ0n) is 13.9. The number of aliphatic hydroxyl groups is 1. The maximum Gasteiger partial charge on any atom is 0.220 e. The first-order valence-electron chi connectivity index (χ1n) is 7.95. The molecule has 124 valence electrons. The molecule has 0 bridgehead atoms. The van der Waals surface area contributed by atoms with Crippen molar-refractivity contribution >= 4 is 11.8 Å². The van der Waals surface area contributed by atoms with Gasteiger partial charge in [0.05, 0.1) is 6.10 Å². The van der Waals surface area contributed by atoms with Crippen molar-refractivity contribution in [2.24, 2.45) is 23.5 Å². The maximum absolute atomic E-state index is 11.8. The first kappa shape index (κ1) is 19.9. The molecular formula is C16H32N2O3. The van der Waals surface area contributed by atoms with Gasteiger partial charge in [0.25, 0.3) is 0 Å². The molecule has 0 aliphatic heterocycles. The number of nitrogens with two attached hydrogens (primary N) is 1. The fourth-order valence-corrected chi connectivity index (χ4v) is 2.06. The number of rotatable bonds is 11. The van der Waals surface area contributed by atoms with Gasteiger partial charge in [-0.2, -0.15) is 0 Å². The predicted octanol–water partition coefficient (Wildman–Crippen LogP) is 1.83. The second-order valence-electron chi connectivity index (χ2n) is 6.61. The molecule has 0 spiro atoms. The van der Waals surface area contributed by atoms with E-state index in [2.05, 4.69) is 5.32 Å². The van der Waals surface area contributed by atoms with Gasteiger partial charge < -0.3 is 16.2 Å². The molecule has 21 heavy (non-hydrogen) atoms. The molecule has 0 aliphatic carbocycles. The number of nitrogens with one attached hydrogen (secondary N) is 1. The minimum Gasteiger partial charge on any atom is -0.393 e. The van der Waals surface area contributed by atoms with Crippen LogP contribution in [-0.2, 0) is 9.59 Å². The Morgan fingerprint density at radius 1 is 1.05 bits per heavy atom. The highest BCUT2D eigenvalue weighted by atomic mass is 16.3. The molecule has 0 saturated carbocycles. The summed E-state index contributed by atoms with van der Waals surface area (Å²) < 4.78 is 0. The minimum atomic E-state index is -0.300. The summed E-state index contributed by atoms with van der Waals surface area (Å²) in [5.74, 6) is 0.508. The lowest BCUT2D eigenvalue weighted by Crippen LogP contribution is -2.30. The fraction of sp³-hybridized carbons (Fsp3) is 0.875. The maximum atomic E-state index is 11.8. The lowest BCUT2D eigenvalue weighted by atomic mass is 9.95. The number of carbonyl (C=O) groups excluding carboxylic acids is 2. The Morgan fingerprint density at radius 2 is 1.67 bits per heavy atom. The van der Waals surface area contributed by atoms with Gasteiger partial charge in [-0.15, -0.1) is 0 Å². The van der Waals surface area contributed by atoms with Crippen molar-refractivity contribution in [2.45, 2.75) is 65.9 Å².